The van der Waals surface area contributed by atoms with E-state index >= 15 is 0 Å². The van der Waals surface area contributed by atoms with Crippen molar-refractivity contribution in [3.05, 3.63) is 19.2 Å². The first kappa shape index (κ1) is 2.76. The zero-order chi connectivity index (χ0) is 3.70. The van der Waals surface area contributed by atoms with Crippen LogP contribution in [0.3, 0.4) is 0 Å². The minimum Gasteiger partial charge on any atom is -0.385 e. The molecule has 1 aliphatic rings. The third-order valence-electron chi connectivity index (χ3n) is 0.639. The van der Waals surface area contributed by atoms with Crippen LogP contribution in [0.4, 0.5) is 0 Å². The van der Waals surface area contributed by atoms with Crippen molar-refractivity contribution in [2.75, 3.05) is 0 Å². The summed E-state index contributed by atoms with van der Waals surface area (Å²) in [6, 6.07) is 0.384. The Bertz CT molecular complexity index is 56.7. The number of hydrogen-bond acceptors (Lipinski definition) is 1. The zero-order valence-corrected chi connectivity index (χ0v) is 2.94. The summed E-state index contributed by atoms with van der Waals surface area (Å²) in [4.78, 5) is 0. The van der Waals surface area contributed by atoms with Gasteiger partial charge in [0.15, 0.2) is 0 Å². The van der Waals surface area contributed by atoms with Crippen LogP contribution in [-0.4, -0.2) is 6.04 Å². The summed E-state index contributed by atoms with van der Waals surface area (Å²) in [7, 11) is 0. The van der Waals surface area contributed by atoms with Gasteiger partial charge in [0.1, 0.15) is 0 Å². The second-order valence-electron chi connectivity index (χ2n) is 1.13. The number of nitrogens with one attached hydrogen (secondary N) is 1. The maximum absolute atomic E-state index is 3.65. The first-order valence-electron chi connectivity index (χ1n) is 1.65. The molecule has 0 aromatic heterocycles. The Kier molecular flexibility index (Phi) is 0.411. The van der Waals surface area contributed by atoms with Crippen LogP contribution >= 0.6 is 0 Å². The van der Waals surface area contributed by atoms with Crippen molar-refractivity contribution in [3.8, 4) is 0 Å². The van der Waals surface area contributed by atoms with Crippen molar-refractivity contribution in [2.24, 2.45) is 0 Å². The van der Waals surface area contributed by atoms with Crippen molar-refractivity contribution < 1.29 is 0 Å². The van der Waals surface area contributed by atoms with E-state index in [1.165, 1.54) is 0 Å². The van der Waals surface area contributed by atoms with Crippen LogP contribution in [0.25, 0.3) is 0 Å². The Balaban J connectivity index is 2.39. The highest BCUT2D eigenvalue weighted by Gasteiger charge is 1.96. The van der Waals surface area contributed by atoms with Crippen molar-refractivity contribution in [2.45, 2.75) is 6.04 Å². The molecule has 1 rings (SSSR count). The molecule has 0 saturated heterocycles. The minimum atomic E-state index is 0.384. The molecule has 1 N–H and O–H groups in total. The van der Waals surface area contributed by atoms with E-state index in [0.29, 0.717) is 6.04 Å². The topological polar surface area (TPSA) is 12.0 Å². The van der Waals surface area contributed by atoms with Gasteiger partial charge in [-0.05, 0) is 19.2 Å². The molecule has 1 heterocycles. The maximum atomic E-state index is 3.65. The fourth-order valence-corrected chi connectivity index (χ4v) is 0.232. The molecule has 1 radical (unpaired) electrons. The van der Waals surface area contributed by atoms with Gasteiger partial charge in [0.2, 0.25) is 0 Å². The molecule has 0 aromatic rings. The second-order valence-corrected chi connectivity index (χ2v) is 1.13. The largest absolute Gasteiger partial charge is 0.385 e. The normalized spacial score (nSPS) is 31.8. The first-order valence-corrected chi connectivity index (χ1v) is 1.65. The monoisotopic (exact) mass is 68.1 g/mol. The average molecular weight is 68.1 g/mol. The van der Waals surface area contributed by atoms with Gasteiger partial charge in [0.05, 0.1) is 0 Å². The van der Waals surface area contributed by atoms with Crippen molar-refractivity contribution in [1.82, 2.24) is 5.32 Å². The summed E-state index contributed by atoms with van der Waals surface area (Å²) in [6.07, 6.45) is 3.89. The van der Waals surface area contributed by atoms with Crippen LogP contribution in [0, 0.1) is 6.92 Å². The molecule has 1 heteroatoms. The summed E-state index contributed by atoms with van der Waals surface area (Å²) in [5, 5.41) is 2.92. The van der Waals surface area contributed by atoms with Gasteiger partial charge in [-0.1, -0.05) is 0 Å². The number of rotatable bonds is 0. The predicted octanol–water partition coefficient (Wildman–Crippen LogP) is 0.306. The summed E-state index contributed by atoms with van der Waals surface area (Å²) < 4.78 is 0. The maximum Gasteiger partial charge on any atom is 0.0456 e. The third kappa shape index (κ3) is 0.274. The Morgan fingerprint density at radius 3 is 2.20 bits per heavy atom. The predicted molar refractivity (Wildman–Crippen MR) is 21.4 cm³/mol. The Labute approximate surface area is 31.7 Å². The quantitative estimate of drug-likeness (QED) is 0.430. The van der Waals surface area contributed by atoms with Crippen molar-refractivity contribution in [1.29, 1.82) is 0 Å². The van der Waals surface area contributed by atoms with Gasteiger partial charge >= 0.3 is 0 Å². The third-order valence-corrected chi connectivity index (χ3v) is 0.639. The van der Waals surface area contributed by atoms with E-state index in [2.05, 4.69) is 12.2 Å². The summed E-state index contributed by atoms with van der Waals surface area (Å²) in [5.41, 5.74) is 0. The van der Waals surface area contributed by atoms with Gasteiger partial charge in [0.25, 0.3) is 0 Å². The minimum absolute atomic E-state index is 0.384. The van der Waals surface area contributed by atoms with Crippen molar-refractivity contribution >= 4 is 0 Å². The molecule has 1 aliphatic heterocycles. The van der Waals surface area contributed by atoms with Crippen LogP contribution in [-0.2, 0) is 0 Å². The van der Waals surface area contributed by atoms with Crippen LogP contribution < -0.4 is 5.32 Å². The van der Waals surface area contributed by atoms with Gasteiger partial charge in [-0.15, -0.1) is 0 Å². The lowest BCUT2D eigenvalue weighted by molar-refractivity contribution is 0.760. The molecule has 0 bridgehead atoms. The van der Waals surface area contributed by atoms with Gasteiger partial charge < -0.3 is 5.32 Å². The molecule has 0 saturated carbocycles. The molecule has 0 aliphatic carbocycles. The Morgan fingerprint density at radius 1 is 1.80 bits per heavy atom. The molecule has 5 heavy (non-hydrogen) atoms. The zero-order valence-electron chi connectivity index (χ0n) is 2.94. The van der Waals surface area contributed by atoms with E-state index in [4.69, 9.17) is 0 Å². The molecule has 27 valence electrons. The molecule has 0 amide bonds. The van der Waals surface area contributed by atoms with Crippen LogP contribution in [0.15, 0.2) is 12.3 Å². The fourth-order valence-electron chi connectivity index (χ4n) is 0.232. The second kappa shape index (κ2) is 0.744. The van der Waals surface area contributed by atoms with E-state index in [9.17, 15) is 0 Å². The lowest BCUT2D eigenvalue weighted by atomic mass is 10.2. The lowest BCUT2D eigenvalue weighted by Gasteiger charge is -2.12. The molecular formula is C4H6N. The first-order chi connectivity index (χ1) is 2.39. The summed E-state index contributed by atoms with van der Waals surface area (Å²) in [5.74, 6) is 0. The highest BCUT2D eigenvalue weighted by molar-refractivity contribution is 5.05. The Hall–Kier alpha value is -0.460. The standard InChI is InChI=1S/C4H6N/c1-4-2-3-5-4/h2-5H,1H2. The van der Waals surface area contributed by atoms with Gasteiger partial charge in [-0.2, -0.15) is 0 Å². The molecule has 1 atom stereocenters. The molecule has 0 spiro atoms. The Morgan fingerprint density at radius 2 is 2.20 bits per heavy atom. The van der Waals surface area contributed by atoms with E-state index in [-0.39, 0.29) is 0 Å². The molecule has 0 aromatic carbocycles. The lowest BCUT2D eigenvalue weighted by Crippen LogP contribution is -2.26. The van der Waals surface area contributed by atoms with Crippen molar-refractivity contribution in [3.63, 3.8) is 0 Å². The molecule has 1 nitrogen and oxygen atoms in total. The summed E-state index contributed by atoms with van der Waals surface area (Å²) >= 11 is 0. The average Bonchev–Trinajstić information content (AvgIpc) is 1.30. The van der Waals surface area contributed by atoms with E-state index in [0.717, 1.165) is 0 Å². The SMILES string of the molecule is [CH2]C1C=CN1. The van der Waals surface area contributed by atoms with Gasteiger partial charge in [-0.3, -0.25) is 0 Å². The van der Waals surface area contributed by atoms with E-state index in [1.54, 1.807) is 0 Å². The smallest absolute Gasteiger partial charge is 0.0456 e. The number of hydrogen-bond donors (Lipinski definition) is 1. The van der Waals surface area contributed by atoms with E-state index < -0.39 is 0 Å². The molecular weight excluding hydrogens is 62.1 g/mol. The van der Waals surface area contributed by atoms with Crippen LogP contribution in [0.1, 0.15) is 0 Å². The molecule has 1 unspecified atom stereocenters. The van der Waals surface area contributed by atoms with Gasteiger partial charge in [0, 0.05) is 6.04 Å². The highest BCUT2D eigenvalue weighted by atomic mass is 14.9. The highest BCUT2D eigenvalue weighted by Crippen LogP contribution is 1.89. The van der Waals surface area contributed by atoms with E-state index in [1.807, 2.05) is 12.3 Å². The van der Waals surface area contributed by atoms with Crippen LogP contribution in [0.2, 0.25) is 0 Å². The van der Waals surface area contributed by atoms with Gasteiger partial charge in [-0.25, -0.2) is 0 Å². The fraction of sp³-hybridized carbons (Fsp3) is 0.250. The summed E-state index contributed by atoms with van der Waals surface area (Å²) in [6.45, 7) is 3.65. The van der Waals surface area contributed by atoms with Crippen LogP contribution in [0.5, 0.6) is 0 Å². The molecule has 0 fully saturated rings.